The molecule has 6 heteroatoms. The van der Waals surface area contributed by atoms with Gasteiger partial charge in [-0.05, 0) is 38.0 Å². The minimum absolute atomic E-state index is 0.0166. The molecule has 5 nitrogen and oxygen atoms in total. The predicted molar refractivity (Wildman–Crippen MR) is 93.5 cm³/mol. The number of rotatable bonds is 3. The van der Waals surface area contributed by atoms with Gasteiger partial charge in [0.05, 0.1) is 12.0 Å². The van der Waals surface area contributed by atoms with Crippen LogP contribution >= 0.6 is 0 Å². The Morgan fingerprint density at radius 3 is 2.84 bits per heavy atom. The molecular formula is C19H26FN3O2. The molecule has 2 amide bonds. The van der Waals surface area contributed by atoms with Gasteiger partial charge in [-0.15, -0.1) is 0 Å². The number of carbonyl (C=O) groups is 2. The first-order valence-corrected chi connectivity index (χ1v) is 8.94. The van der Waals surface area contributed by atoms with Crippen molar-refractivity contribution < 1.29 is 14.0 Å². The van der Waals surface area contributed by atoms with Gasteiger partial charge in [-0.2, -0.15) is 0 Å². The van der Waals surface area contributed by atoms with Crippen molar-refractivity contribution in [1.82, 2.24) is 15.1 Å². The average Bonchev–Trinajstić information content (AvgIpc) is 2.86. The molecule has 1 N–H and O–H groups in total. The number of nitrogens with one attached hydrogen (secondary N) is 1. The van der Waals surface area contributed by atoms with E-state index >= 15 is 0 Å². The van der Waals surface area contributed by atoms with Crippen LogP contribution in [0.1, 0.15) is 32.3 Å². The Balaban J connectivity index is 1.68. The van der Waals surface area contributed by atoms with Crippen molar-refractivity contribution in [2.24, 2.45) is 0 Å². The Hall–Kier alpha value is -1.95. The predicted octanol–water partition coefficient (Wildman–Crippen LogP) is 1.57. The molecule has 0 saturated carbocycles. The molecule has 2 saturated heterocycles. The second kappa shape index (κ2) is 7.12. The van der Waals surface area contributed by atoms with Gasteiger partial charge in [-0.25, -0.2) is 4.39 Å². The van der Waals surface area contributed by atoms with Gasteiger partial charge in [-0.1, -0.05) is 12.1 Å². The Bertz CT molecular complexity index is 664. The van der Waals surface area contributed by atoms with E-state index in [4.69, 9.17) is 0 Å². The number of amides is 2. The summed E-state index contributed by atoms with van der Waals surface area (Å²) in [5.74, 6) is -0.286. The summed E-state index contributed by atoms with van der Waals surface area (Å²) in [7, 11) is 0. The van der Waals surface area contributed by atoms with Gasteiger partial charge in [0.15, 0.2) is 0 Å². The maximum Gasteiger partial charge on any atom is 0.227 e. The fourth-order valence-electron chi connectivity index (χ4n) is 3.80. The number of nitrogens with zero attached hydrogens (tertiary/aromatic N) is 2. The summed E-state index contributed by atoms with van der Waals surface area (Å²) >= 11 is 0. The molecule has 0 aliphatic carbocycles. The Kier molecular flexibility index (Phi) is 5.08. The third-order valence-electron chi connectivity index (χ3n) is 5.22. The zero-order valence-corrected chi connectivity index (χ0v) is 14.9. The molecule has 1 aromatic carbocycles. The van der Waals surface area contributed by atoms with E-state index in [1.54, 1.807) is 17.0 Å². The molecule has 0 radical (unpaired) electrons. The highest BCUT2D eigenvalue weighted by atomic mass is 19.1. The van der Waals surface area contributed by atoms with Gasteiger partial charge in [0.2, 0.25) is 11.8 Å². The van der Waals surface area contributed by atoms with Crippen molar-refractivity contribution in [2.75, 3.05) is 26.2 Å². The summed E-state index contributed by atoms with van der Waals surface area (Å²) in [6.07, 6.45) is 1.45. The summed E-state index contributed by atoms with van der Waals surface area (Å²) in [5, 5.41) is 3.16. The third-order valence-corrected chi connectivity index (χ3v) is 5.22. The summed E-state index contributed by atoms with van der Waals surface area (Å²) in [6.45, 7) is 6.93. The van der Waals surface area contributed by atoms with Gasteiger partial charge in [0.25, 0.3) is 0 Å². The molecule has 0 aromatic heterocycles. The minimum atomic E-state index is -0.366. The number of hydrogen-bond donors (Lipinski definition) is 1. The normalized spacial score (nSPS) is 24.6. The number of carbonyl (C=O) groups excluding carboxylic acids is 2. The van der Waals surface area contributed by atoms with Crippen LogP contribution in [0.4, 0.5) is 4.39 Å². The van der Waals surface area contributed by atoms with E-state index in [0.29, 0.717) is 31.1 Å². The van der Waals surface area contributed by atoms with Crippen molar-refractivity contribution in [3.63, 3.8) is 0 Å². The smallest absolute Gasteiger partial charge is 0.227 e. The molecule has 2 aliphatic rings. The van der Waals surface area contributed by atoms with Gasteiger partial charge in [0.1, 0.15) is 5.82 Å². The summed E-state index contributed by atoms with van der Waals surface area (Å²) < 4.78 is 13.3. The molecule has 1 unspecified atom stereocenters. The Morgan fingerprint density at radius 1 is 1.32 bits per heavy atom. The lowest BCUT2D eigenvalue weighted by Gasteiger charge is -2.35. The van der Waals surface area contributed by atoms with Gasteiger partial charge in [-0.3, -0.25) is 14.5 Å². The van der Waals surface area contributed by atoms with Crippen LogP contribution in [-0.2, 0) is 16.0 Å². The van der Waals surface area contributed by atoms with Gasteiger partial charge < -0.3 is 10.2 Å². The summed E-state index contributed by atoms with van der Waals surface area (Å²) in [4.78, 5) is 28.9. The Labute approximate surface area is 148 Å². The molecule has 25 heavy (non-hydrogen) atoms. The van der Waals surface area contributed by atoms with Gasteiger partial charge >= 0.3 is 0 Å². The van der Waals surface area contributed by atoms with Crippen molar-refractivity contribution in [3.8, 4) is 0 Å². The molecular weight excluding hydrogens is 321 g/mol. The van der Waals surface area contributed by atoms with E-state index in [-0.39, 0.29) is 29.6 Å². The van der Waals surface area contributed by atoms with Crippen LogP contribution < -0.4 is 5.32 Å². The maximum absolute atomic E-state index is 13.3. The van der Waals surface area contributed by atoms with E-state index in [1.807, 2.05) is 0 Å². The number of hydrogen-bond acceptors (Lipinski definition) is 3. The highest BCUT2D eigenvalue weighted by molar-refractivity contribution is 5.80. The molecule has 2 aliphatic heterocycles. The standard InChI is InChI=1S/C19H26FN3O2/c1-14(2)22-8-6-17(24)21-19(12-22)7-9-23(13-19)18(25)11-15-4-3-5-16(20)10-15/h3-5,10,14H,6-9,11-13H2,1-2H3,(H,21,24). The largest absolute Gasteiger partial charge is 0.347 e. The second-order valence-electron chi connectivity index (χ2n) is 7.51. The minimum Gasteiger partial charge on any atom is -0.347 e. The SMILES string of the molecule is CC(C)N1CCC(=O)NC2(CCN(C(=O)Cc3cccc(F)c3)C2)C1. The molecule has 2 heterocycles. The van der Waals surface area contributed by atoms with Crippen molar-refractivity contribution in [2.45, 2.75) is 44.7 Å². The first-order chi connectivity index (χ1) is 11.9. The molecule has 3 rings (SSSR count). The van der Waals surface area contributed by atoms with Crippen LogP contribution in [0.15, 0.2) is 24.3 Å². The average molecular weight is 347 g/mol. The van der Waals surface area contributed by atoms with E-state index in [0.717, 1.165) is 19.5 Å². The van der Waals surface area contributed by atoms with E-state index in [9.17, 15) is 14.0 Å². The molecule has 0 bridgehead atoms. The number of benzene rings is 1. The fourth-order valence-corrected chi connectivity index (χ4v) is 3.80. The number of likely N-dealkylation sites (tertiary alicyclic amines) is 1. The molecule has 2 fully saturated rings. The zero-order valence-electron chi connectivity index (χ0n) is 14.9. The van der Waals surface area contributed by atoms with Crippen LogP contribution in [0.5, 0.6) is 0 Å². The number of halogens is 1. The molecule has 1 atom stereocenters. The highest BCUT2D eigenvalue weighted by Gasteiger charge is 2.43. The fraction of sp³-hybridized carbons (Fsp3) is 0.579. The topological polar surface area (TPSA) is 52.7 Å². The lowest BCUT2D eigenvalue weighted by atomic mass is 9.97. The monoisotopic (exact) mass is 347 g/mol. The quantitative estimate of drug-likeness (QED) is 0.903. The van der Waals surface area contributed by atoms with Gasteiger partial charge in [0, 0.05) is 38.6 Å². The highest BCUT2D eigenvalue weighted by Crippen LogP contribution is 2.26. The molecule has 1 spiro atoms. The lowest BCUT2D eigenvalue weighted by Crippen LogP contribution is -2.56. The van der Waals surface area contributed by atoms with Crippen molar-refractivity contribution in [3.05, 3.63) is 35.6 Å². The van der Waals surface area contributed by atoms with E-state index < -0.39 is 0 Å². The third kappa shape index (κ3) is 4.18. The van der Waals surface area contributed by atoms with Crippen LogP contribution in [0.25, 0.3) is 0 Å². The zero-order chi connectivity index (χ0) is 18.0. The first-order valence-electron chi connectivity index (χ1n) is 8.94. The summed E-state index contributed by atoms with van der Waals surface area (Å²) in [5.41, 5.74) is 0.315. The maximum atomic E-state index is 13.3. The van der Waals surface area contributed by atoms with Crippen LogP contribution in [-0.4, -0.2) is 59.4 Å². The van der Waals surface area contributed by atoms with E-state index in [1.165, 1.54) is 12.1 Å². The van der Waals surface area contributed by atoms with Crippen LogP contribution in [0, 0.1) is 5.82 Å². The van der Waals surface area contributed by atoms with E-state index in [2.05, 4.69) is 24.1 Å². The van der Waals surface area contributed by atoms with Crippen LogP contribution in [0.2, 0.25) is 0 Å². The Morgan fingerprint density at radius 2 is 2.12 bits per heavy atom. The summed E-state index contributed by atoms with van der Waals surface area (Å²) in [6, 6.07) is 6.52. The first kappa shape index (κ1) is 17.9. The van der Waals surface area contributed by atoms with Crippen LogP contribution in [0.3, 0.4) is 0 Å². The molecule has 1 aromatic rings. The van der Waals surface area contributed by atoms with Crippen molar-refractivity contribution in [1.29, 1.82) is 0 Å². The van der Waals surface area contributed by atoms with Crippen molar-refractivity contribution >= 4 is 11.8 Å². The molecule has 136 valence electrons. The second-order valence-corrected chi connectivity index (χ2v) is 7.51. The lowest BCUT2D eigenvalue weighted by molar-refractivity contribution is -0.130.